The average molecular weight is 335 g/mol. The Balaban J connectivity index is 1.62. The van der Waals surface area contributed by atoms with Gasteiger partial charge in [0.15, 0.2) is 0 Å². The number of aliphatic hydroxyl groups is 1. The van der Waals surface area contributed by atoms with Gasteiger partial charge in [0.05, 0.1) is 18.3 Å². The quantitative estimate of drug-likeness (QED) is 0.867. The molecular weight excluding hydrogens is 314 g/mol. The minimum atomic E-state index is -0.232. The smallest absolute Gasteiger partial charge is 0.262 e. The van der Waals surface area contributed by atoms with Gasteiger partial charge in [0.25, 0.3) is 5.56 Å². The van der Waals surface area contributed by atoms with Gasteiger partial charge in [-0.25, -0.2) is 4.98 Å². The Hall–Kier alpha value is -1.73. The fourth-order valence-electron chi connectivity index (χ4n) is 3.21. The van der Waals surface area contributed by atoms with Crippen LogP contribution in [0.1, 0.15) is 32.6 Å². The van der Waals surface area contributed by atoms with Crippen LogP contribution in [0.25, 0.3) is 10.2 Å². The van der Waals surface area contributed by atoms with Crippen molar-refractivity contribution in [2.75, 3.05) is 6.61 Å². The first-order valence-corrected chi connectivity index (χ1v) is 8.74. The van der Waals surface area contributed by atoms with Gasteiger partial charge in [0.2, 0.25) is 5.91 Å². The van der Waals surface area contributed by atoms with E-state index in [-0.39, 0.29) is 36.0 Å². The van der Waals surface area contributed by atoms with Crippen molar-refractivity contribution < 1.29 is 9.90 Å². The molecule has 2 aromatic rings. The van der Waals surface area contributed by atoms with Crippen molar-refractivity contribution in [2.24, 2.45) is 5.41 Å². The summed E-state index contributed by atoms with van der Waals surface area (Å²) in [6.07, 6.45) is 4.56. The zero-order valence-corrected chi connectivity index (χ0v) is 13.9. The van der Waals surface area contributed by atoms with Gasteiger partial charge in [-0.05, 0) is 24.3 Å². The first-order chi connectivity index (χ1) is 11.0. The van der Waals surface area contributed by atoms with Gasteiger partial charge in [0, 0.05) is 24.4 Å². The van der Waals surface area contributed by atoms with Gasteiger partial charge in [-0.15, -0.1) is 11.3 Å². The van der Waals surface area contributed by atoms with Crippen molar-refractivity contribution in [2.45, 2.75) is 45.2 Å². The summed E-state index contributed by atoms with van der Waals surface area (Å²) in [7, 11) is 0. The van der Waals surface area contributed by atoms with E-state index >= 15 is 0 Å². The lowest BCUT2D eigenvalue weighted by Gasteiger charge is -2.30. The summed E-state index contributed by atoms with van der Waals surface area (Å²) in [6.45, 7) is 2.39. The average Bonchev–Trinajstić information content (AvgIpc) is 3.15. The van der Waals surface area contributed by atoms with Crippen LogP contribution < -0.4 is 10.9 Å². The topological polar surface area (TPSA) is 84.2 Å². The Labute approximate surface area is 138 Å². The molecular formula is C16H21N3O3S. The molecule has 124 valence electrons. The molecule has 0 saturated heterocycles. The molecule has 7 heteroatoms. The second-order valence-corrected chi connectivity index (χ2v) is 7.35. The van der Waals surface area contributed by atoms with E-state index in [0.29, 0.717) is 11.9 Å². The standard InChI is InChI=1S/C16H21N3O3S/c1-16(9-20)6-2-3-12(16)18-13(21)4-7-19-10-17-14-11(15(19)22)5-8-23-14/h5,8,10,12,20H,2-4,6-7,9H2,1H3,(H,18,21). The summed E-state index contributed by atoms with van der Waals surface area (Å²) in [6, 6.07) is 1.77. The number of carbonyl (C=O) groups is 1. The summed E-state index contributed by atoms with van der Waals surface area (Å²) in [5.41, 5.74) is -0.339. The molecule has 1 saturated carbocycles. The third kappa shape index (κ3) is 3.16. The Kier molecular flexibility index (Phi) is 4.50. The molecule has 23 heavy (non-hydrogen) atoms. The van der Waals surface area contributed by atoms with Crippen molar-refractivity contribution in [3.8, 4) is 0 Å². The molecule has 0 aromatic carbocycles. The number of amides is 1. The monoisotopic (exact) mass is 335 g/mol. The number of hydrogen-bond acceptors (Lipinski definition) is 5. The third-order valence-corrected chi connectivity index (χ3v) is 5.63. The van der Waals surface area contributed by atoms with Gasteiger partial charge < -0.3 is 10.4 Å². The summed E-state index contributed by atoms with van der Waals surface area (Å²) < 4.78 is 1.48. The molecule has 2 atom stereocenters. The molecule has 0 spiro atoms. The van der Waals surface area contributed by atoms with Crippen molar-refractivity contribution in [3.63, 3.8) is 0 Å². The number of aryl methyl sites for hydroxylation is 1. The van der Waals surface area contributed by atoms with Crippen LogP contribution in [-0.2, 0) is 11.3 Å². The van der Waals surface area contributed by atoms with Crippen LogP contribution >= 0.6 is 11.3 Å². The summed E-state index contributed by atoms with van der Waals surface area (Å²) in [5.74, 6) is -0.0890. The van der Waals surface area contributed by atoms with E-state index in [1.807, 2.05) is 12.3 Å². The molecule has 1 fully saturated rings. The number of aliphatic hydroxyl groups excluding tert-OH is 1. The highest BCUT2D eigenvalue weighted by molar-refractivity contribution is 7.16. The lowest BCUT2D eigenvalue weighted by molar-refractivity contribution is -0.122. The Morgan fingerprint density at radius 1 is 1.61 bits per heavy atom. The van der Waals surface area contributed by atoms with Gasteiger partial charge in [-0.2, -0.15) is 0 Å². The molecule has 2 N–H and O–H groups in total. The number of nitrogens with zero attached hydrogens (tertiary/aromatic N) is 2. The SMILES string of the molecule is CC1(CO)CCCC1NC(=O)CCn1cnc2sccc2c1=O. The second-order valence-electron chi connectivity index (χ2n) is 6.46. The normalized spacial score (nSPS) is 24.2. The molecule has 2 unspecified atom stereocenters. The highest BCUT2D eigenvalue weighted by Gasteiger charge is 2.38. The number of rotatable bonds is 5. The fraction of sp³-hybridized carbons (Fsp3) is 0.562. The van der Waals surface area contributed by atoms with E-state index in [0.717, 1.165) is 24.1 Å². The van der Waals surface area contributed by atoms with E-state index in [9.17, 15) is 14.7 Å². The minimum absolute atomic E-state index is 0.00852. The van der Waals surface area contributed by atoms with Gasteiger partial charge in [-0.1, -0.05) is 13.3 Å². The molecule has 1 aliphatic rings. The molecule has 2 aromatic heterocycles. The van der Waals surface area contributed by atoms with Gasteiger partial charge in [-0.3, -0.25) is 14.2 Å². The molecule has 0 bridgehead atoms. The number of aromatic nitrogens is 2. The molecule has 0 radical (unpaired) electrons. The number of fused-ring (bicyclic) bond motifs is 1. The molecule has 1 amide bonds. The van der Waals surface area contributed by atoms with Crippen LogP contribution in [0.15, 0.2) is 22.6 Å². The predicted molar refractivity (Wildman–Crippen MR) is 89.5 cm³/mol. The highest BCUT2D eigenvalue weighted by atomic mass is 32.1. The summed E-state index contributed by atoms with van der Waals surface area (Å²) >= 11 is 1.43. The number of hydrogen-bond donors (Lipinski definition) is 2. The number of nitrogens with one attached hydrogen (secondary N) is 1. The largest absolute Gasteiger partial charge is 0.396 e. The van der Waals surface area contributed by atoms with Crippen molar-refractivity contribution >= 4 is 27.5 Å². The van der Waals surface area contributed by atoms with Crippen molar-refractivity contribution in [3.05, 3.63) is 28.1 Å². The number of carbonyl (C=O) groups excluding carboxylic acids is 1. The summed E-state index contributed by atoms with van der Waals surface area (Å²) in [5, 5.41) is 15.0. The van der Waals surface area contributed by atoms with Gasteiger partial charge in [0.1, 0.15) is 4.83 Å². The molecule has 3 rings (SSSR count). The highest BCUT2D eigenvalue weighted by Crippen LogP contribution is 2.37. The van der Waals surface area contributed by atoms with E-state index in [4.69, 9.17) is 0 Å². The maximum absolute atomic E-state index is 12.3. The summed E-state index contributed by atoms with van der Waals surface area (Å²) in [4.78, 5) is 29.4. The first kappa shape index (κ1) is 16.1. The third-order valence-electron chi connectivity index (χ3n) is 4.81. The molecule has 2 heterocycles. The van der Waals surface area contributed by atoms with Crippen molar-refractivity contribution in [1.29, 1.82) is 0 Å². The van der Waals surface area contributed by atoms with Crippen LogP contribution in [-0.4, -0.2) is 33.2 Å². The lowest BCUT2D eigenvalue weighted by Crippen LogP contribution is -2.45. The van der Waals surface area contributed by atoms with E-state index in [1.54, 1.807) is 6.07 Å². The predicted octanol–water partition coefficient (Wildman–Crippen LogP) is 1.52. The van der Waals surface area contributed by atoms with E-state index in [2.05, 4.69) is 10.3 Å². The van der Waals surface area contributed by atoms with Crippen LogP contribution in [0.5, 0.6) is 0 Å². The Morgan fingerprint density at radius 3 is 3.22 bits per heavy atom. The van der Waals surface area contributed by atoms with Crippen LogP contribution in [0.4, 0.5) is 0 Å². The Morgan fingerprint density at radius 2 is 2.43 bits per heavy atom. The fourth-order valence-corrected chi connectivity index (χ4v) is 3.93. The van der Waals surface area contributed by atoms with Crippen LogP contribution in [0, 0.1) is 5.41 Å². The second kappa shape index (κ2) is 6.41. The van der Waals surface area contributed by atoms with Crippen LogP contribution in [0.3, 0.4) is 0 Å². The van der Waals surface area contributed by atoms with Crippen LogP contribution in [0.2, 0.25) is 0 Å². The Bertz CT molecular complexity index is 769. The van der Waals surface area contributed by atoms with E-state index in [1.165, 1.54) is 22.2 Å². The molecule has 0 aliphatic heterocycles. The van der Waals surface area contributed by atoms with E-state index < -0.39 is 0 Å². The lowest BCUT2D eigenvalue weighted by atomic mass is 9.86. The number of thiophene rings is 1. The minimum Gasteiger partial charge on any atom is -0.396 e. The zero-order chi connectivity index (χ0) is 16.4. The van der Waals surface area contributed by atoms with Crippen molar-refractivity contribution in [1.82, 2.24) is 14.9 Å². The maximum atomic E-state index is 12.3. The van der Waals surface area contributed by atoms with Gasteiger partial charge >= 0.3 is 0 Å². The molecule has 6 nitrogen and oxygen atoms in total. The maximum Gasteiger partial charge on any atom is 0.262 e. The first-order valence-electron chi connectivity index (χ1n) is 7.86. The zero-order valence-electron chi connectivity index (χ0n) is 13.1. The molecule has 1 aliphatic carbocycles.